The zero-order valence-corrected chi connectivity index (χ0v) is 13.4. The number of carbonyl (C=O) groups is 1. The van der Waals surface area contributed by atoms with Crippen molar-refractivity contribution in [3.63, 3.8) is 0 Å². The van der Waals surface area contributed by atoms with Gasteiger partial charge in [-0.3, -0.25) is 4.90 Å². The normalized spacial score (nSPS) is 30.7. The van der Waals surface area contributed by atoms with Crippen molar-refractivity contribution in [2.24, 2.45) is 5.92 Å². The quantitative estimate of drug-likeness (QED) is 0.783. The maximum absolute atomic E-state index is 11.4. The van der Waals surface area contributed by atoms with Gasteiger partial charge in [-0.25, -0.2) is 0 Å². The number of likely N-dealkylation sites (tertiary alicyclic amines) is 1. The summed E-state index contributed by atoms with van der Waals surface area (Å²) in [4.78, 5) is 14.1. The first-order valence-electron chi connectivity index (χ1n) is 8.59. The van der Waals surface area contributed by atoms with E-state index in [0.717, 1.165) is 43.8 Å². The number of carbonyl (C=O) groups excluding carboxylic acids is 1. The molecule has 2 atom stereocenters. The summed E-state index contributed by atoms with van der Waals surface area (Å²) in [5, 5.41) is 0. The third kappa shape index (κ3) is 2.36. The third-order valence-corrected chi connectivity index (χ3v) is 6.03. The molecule has 1 aromatic carbocycles. The molecule has 0 radical (unpaired) electrons. The minimum atomic E-state index is 0.0502. The van der Waals surface area contributed by atoms with Crippen LogP contribution in [0.15, 0.2) is 18.2 Å². The molecule has 3 heteroatoms. The van der Waals surface area contributed by atoms with E-state index in [9.17, 15) is 4.79 Å². The standard InChI is InChI=1S/C19H25NO2/c1-22-17-5-4-15-10-16-12-19(7-9-21,18(15)11-17)6-8-20(16)13-14-2-3-14/h4-5,9,11,14,16H,2-3,6-8,10,12-13H2,1H3. The summed E-state index contributed by atoms with van der Waals surface area (Å²) in [6.45, 7) is 2.42. The van der Waals surface area contributed by atoms with Gasteiger partial charge in [-0.05, 0) is 67.8 Å². The van der Waals surface area contributed by atoms with Crippen molar-refractivity contribution in [2.75, 3.05) is 20.2 Å². The Bertz CT molecular complexity index is 581. The van der Waals surface area contributed by atoms with Crippen molar-refractivity contribution in [3.8, 4) is 5.75 Å². The number of hydrogen-bond acceptors (Lipinski definition) is 3. The molecule has 0 spiro atoms. The summed E-state index contributed by atoms with van der Waals surface area (Å²) in [7, 11) is 1.72. The first kappa shape index (κ1) is 14.3. The highest BCUT2D eigenvalue weighted by Crippen LogP contribution is 2.48. The van der Waals surface area contributed by atoms with Gasteiger partial charge in [0.2, 0.25) is 0 Å². The Morgan fingerprint density at radius 1 is 1.41 bits per heavy atom. The van der Waals surface area contributed by atoms with Crippen molar-refractivity contribution in [3.05, 3.63) is 29.3 Å². The third-order valence-electron chi connectivity index (χ3n) is 6.03. The molecule has 3 nitrogen and oxygen atoms in total. The van der Waals surface area contributed by atoms with Gasteiger partial charge in [0.05, 0.1) is 7.11 Å². The van der Waals surface area contributed by atoms with Crippen LogP contribution in [0, 0.1) is 5.92 Å². The van der Waals surface area contributed by atoms with Gasteiger partial charge < -0.3 is 9.53 Å². The number of hydrogen-bond donors (Lipinski definition) is 0. The number of benzene rings is 1. The Morgan fingerprint density at radius 2 is 2.27 bits per heavy atom. The summed E-state index contributed by atoms with van der Waals surface area (Å²) < 4.78 is 5.42. The fraction of sp³-hybridized carbons (Fsp3) is 0.632. The van der Waals surface area contributed by atoms with Crippen LogP contribution in [0.2, 0.25) is 0 Å². The van der Waals surface area contributed by atoms with Gasteiger partial charge in [-0.1, -0.05) is 6.07 Å². The molecular formula is C19H25NO2. The van der Waals surface area contributed by atoms with Crippen LogP contribution in [0.5, 0.6) is 5.75 Å². The number of rotatable bonds is 5. The average molecular weight is 299 g/mol. The SMILES string of the molecule is COc1ccc2c(c1)C1(CC=O)CCN(CC3CC3)C(C2)C1. The molecule has 2 aliphatic carbocycles. The number of methoxy groups -OCH3 is 1. The van der Waals surface area contributed by atoms with E-state index in [1.54, 1.807) is 7.11 Å². The van der Waals surface area contributed by atoms with Crippen LogP contribution in [-0.4, -0.2) is 37.4 Å². The summed E-state index contributed by atoms with van der Waals surface area (Å²) in [5.41, 5.74) is 2.86. The van der Waals surface area contributed by atoms with Crippen molar-refractivity contribution in [1.82, 2.24) is 4.90 Å². The monoisotopic (exact) mass is 299 g/mol. The van der Waals surface area contributed by atoms with E-state index in [0.29, 0.717) is 12.5 Å². The summed E-state index contributed by atoms with van der Waals surface area (Å²) >= 11 is 0. The van der Waals surface area contributed by atoms with Crippen molar-refractivity contribution < 1.29 is 9.53 Å². The number of piperidine rings is 1. The van der Waals surface area contributed by atoms with Crippen molar-refractivity contribution >= 4 is 6.29 Å². The predicted molar refractivity (Wildman–Crippen MR) is 86.4 cm³/mol. The molecular weight excluding hydrogens is 274 g/mol. The van der Waals surface area contributed by atoms with Crippen molar-refractivity contribution in [1.29, 1.82) is 0 Å². The van der Waals surface area contributed by atoms with Gasteiger partial charge in [0.15, 0.2) is 0 Å². The maximum atomic E-state index is 11.4. The Kier molecular flexibility index (Phi) is 3.48. The number of aldehydes is 1. The summed E-state index contributed by atoms with van der Waals surface area (Å²) in [6.07, 6.45) is 7.98. The zero-order chi connectivity index (χ0) is 15.2. The highest BCUT2D eigenvalue weighted by molar-refractivity contribution is 5.56. The minimum Gasteiger partial charge on any atom is -0.497 e. The summed E-state index contributed by atoms with van der Waals surface area (Å²) in [6, 6.07) is 7.10. The van der Waals surface area contributed by atoms with E-state index in [1.807, 2.05) is 0 Å². The lowest BCUT2D eigenvalue weighted by atomic mass is 9.62. The lowest BCUT2D eigenvalue weighted by molar-refractivity contribution is -0.109. The van der Waals surface area contributed by atoms with E-state index in [4.69, 9.17) is 4.74 Å². The highest BCUT2D eigenvalue weighted by atomic mass is 16.5. The van der Waals surface area contributed by atoms with E-state index in [-0.39, 0.29) is 5.41 Å². The van der Waals surface area contributed by atoms with Gasteiger partial charge in [0.25, 0.3) is 0 Å². The maximum Gasteiger partial charge on any atom is 0.120 e. The average Bonchev–Trinajstić information content (AvgIpc) is 3.34. The number of ether oxygens (including phenoxy) is 1. The Labute approximate surface area is 132 Å². The Morgan fingerprint density at radius 3 is 3.00 bits per heavy atom. The molecule has 4 rings (SSSR count). The van der Waals surface area contributed by atoms with Crippen LogP contribution in [0.3, 0.4) is 0 Å². The van der Waals surface area contributed by atoms with Crippen LogP contribution < -0.4 is 4.74 Å². The number of nitrogens with zero attached hydrogens (tertiary/aromatic N) is 1. The Hall–Kier alpha value is -1.35. The second-order valence-electron chi connectivity index (χ2n) is 7.42. The van der Waals surface area contributed by atoms with Gasteiger partial charge in [-0.15, -0.1) is 0 Å². The molecule has 22 heavy (non-hydrogen) atoms. The van der Waals surface area contributed by atoms with E-state index in [1.165, 1.54) is 30.5 Å². The second kappa shape index (κ2) is 5.38. The summed E-state index contributed by atoms with van der Waals surface area (Å²) in [5.74, 6) is 1.86. The second-order valence-corrected chi connectivity index (χ2v) is 7.42. The molecule has 2 unspecified atom stereocenters. The molecule has 2 fully saturated rings. The molecule has 1 saturated heterocycles. The van der Waals surface area contributed by atoms with Crippen LogP contribution in [0.25, 0.3) is 0 Å². The molecule has 0 N–H and O–H groups in total. The van der Waals surface area contributed by atoms with E-state index < -0.39 is 0 Å². The molecule has 1 heterocycles. The molecule has 0 amide bonds. The highest BCUT2D eigenvalue weighted by Gasteiger charge is 2.46. The fourth-order valence-electron chi connectivity index (χ4n) is 4.60. The van der Waals surface area contributed by atoms with Gasteiger partial charge >= 0.3 is 0 Å². The molecule has 118 valence electrons. The number of fused-ring (bicyclic) bond motifs is 4. The lowest BCUT2D eigenvalue weighted by Crippen LogP contribution is -2.53. The molecule has 2 bridgehead atoms. The van der Waals surface area contributed by atoms with Crippen molar-refractivity contribution in [2.45, 2.75) is 50.0 Å². The van der Waals surface area contributed by atoms with E-state index in [2.05, 4.69) is 23.1 Å². The van der Waals surface area contributed by atoms with Crippen LogP contribution in [0.1, 0.15) is 43.2 Å². The van der Waals surface area contributed by atoms with E-state index >= 15 is 0 Å². The zero-order valence-electron chi connectivity index (χ0n) is 13.4. The van der Waals surface area contributed by atoms with Gasteiger partial charge in [-0.2, -0.15) is 0 Å². The largest absolute Gasteiger partial charge is 0.497 e. The molecule has 1 saturated carbocycles. The van der Waals surface area contributed by atoms with Crippen LogP contribution >= 0.6 is 0 Å². The Balaban J connectivity index is 1.69. The molecule has 3 aliphatic rings. The van der Waals surface area contributed by atoms with Gasteiger partial charge in [0.1, 0.15) is 12.0 Å². The first-order chi connectivity index (χ1) is 10.7. The lowest BCUT2D eigenvalue weighted by Gasteiger charge is -2.51. The van der Waals surface area contributed by atoms with Gasteiger partial charge in [0, 0.05) is 24.4 Å². The molecule has 1 aromatic rings. The van der Waals surface area contributed by atoms with Crippen LogP contribution in [-0.2, 0) is 16.6 Å². The smallest absolute Gasteiger partial charge is 0.120 e. The molecule has 0 aromatic heterocycles. The first-order valence-corrected chi connectivity index (χ1v) is 8.59. The minimum absolute atomic E-state index is 0.0502. The fourth-order valence-corrected chi connectivity index (χ4v) is 4.60. The topological polar surface area (TPSA) is 29.5 Å². The predicted octanol–water partition coefficient (Wildman–Crippen LogP) is 2.95. The van der Waals surface area contributed by atoms with Crippen LogP contribution in [0.4, 0.5) is 0 Å². The molecule has 1 aliphatic heterocycles.